The van der Waals surface area contributed by atoms with E-state index in [1.807, 2.05) is 11.0 Å². The fourth-order valence-electron chi connectivity index (χ4n) is 2.48. The number of nitrogens with zero attached hydrogens (tertiary/aromatic N) is 1. The number of carbonyl (C=O) groups excluding carboxylic acids is 1. The van der Waals surface area contributed by atoms with E-state index in [-0.39, 0.29) is 5.41 Å². The van der Waals surface area contributed by atoms with Crippen molar-refractivity contribution < 1.29 is 4.79 Å². The Labute approximate surface area is 110 Å². The highest BCUT2D eigenvalue weighted by molar-refractivity contribution is 5.78. The Kier molecular flexibility index (Phi) is 3.74. The minimum atomic E-state index is 0.233. The highest BCUT2D eigenvalue weighted by Crippen LogP contribution is 2.34. The van der Waals surface area contributed by atoms with Gasteiger partial charge in [-0.1, -0.05) is 51.1 Å². The zero-order valence-electron chi connectivity index (χ0n) is 11.6. The van der Waals surface area contributed by atoms with Gasteiger partial charge in [0.15, 0.2) is 0 Å². The van der Waals surface area contributed by atoms with Crippen LogP contribution in [0, 0.1) is 11.3 Å². The van der Waals surface area contributed by atoms with Crippen molar-refractivity contribution in [1.29, 1.82) is 0 Å². The number of rotatable bonds is 3. The molecule has 1 aliphatic rings. The van der Waals surface area contributed by atoms with Gasteiger partial charge in [-0.15, -0.1) is 0 Å². The summed E-state index contributed by atoms with van der Waals surface area (Å²) in [5.41, 5.74) is 1.54. The van der Waals surface area contributed by atoms with Crippen LogP contribution in [0.2, 0.25) is 0 Å². The Balaban J connectivity index is 1.90. The molecule has 2 nitrogen and oxygen atoms in total. The van der Waals surface area contributed by atoms with Gasteiger partial charge in [0.25, 0.3) is 0 Å². The lowest BCUT2D eigenvalue weighted by Crippen LogP contribution is -2.29. The molecule has 1 unspecified atom stereocenters. The molecular weight excluding hydrogens is 222 g/mol. The molecule has 18 heavy (non-hydrogen) atoms. The third-order valence-corrected chi connectivity index (χ3v) is 3.95. The summed E-state index contributed by atoms with van der Waals surface area (Å²) >= 11 is 0. The second kappa shape index (κ2) is 5.13. The highest BCUT2D eigenvalue weighted by Gasteiger charge is 2.36. The maximum Gasteiger partial charge on any atom is 0.222 e. The molecule has 1 amide bonds. The van der Waals surface area contributed by atoms with Gasteiger partial charge in [0.1, 0.15) is 0 Å². The normalized spacial score (nSPS) is 20.5. The molecule has 1 aromatic rings. The molecular formula is C16H23NO. The fraction of sp³-hybridized carbons (Fsp3) is 0.562. The molecule has 0 radical (unpaired) electrons. The summed E-state index contributed by atoms with van der Waals surface area (Å²) in [6.07, 6.45) is 1.68. The van der Waals surface area contributed by atoms with Crippen LogP contribution in [0.3, 0.4) is 0 Å². The molecule has 0 aromatic heterocycles. The second-order valence-electron chi connectivity index (χ2n) is 6.34. The van der Waals surface area contributed by atoms with E-state index >= 15 is 0 Å². The van der Waals surface area contributed by atoms with Gasteiger partial charge < -0.3 is 4.90 Å². The third kappa shape index (κ3) is 3.12. The third-order valence-electron chi connectivity index (χ3n) is 3.95. The van der Waals surface area contributed by atoms with Crippen LogP contribution in [0.15, 0.2) is 30.3 Å². The van der Waals surface area contributed by atoms with Crippen LogP contribution in [0.1, 0.15) is 32.8 Å². The molecule has 98 valence electrons. The van der Waals surface area contributed by atoms with E-state index in [1.54, 1.807) is 0 Å². The molecule has 2 heteroatoms. The Morgan fingerprint density at radius 2 is 1.89 bits per heavy atom. The van der Waals surface area contributed by atoms with Gasteiger partial charge in [-0.3, -0.25) is 4.79 Å². The van der Waals surface area contributed by atoms with Crippen molar-refractivity contribution in [3.05, 3.63) is 35.9 Å². The molecule has 1 heterocycles. The zero-order valence-corrected chi connectivity index (χ0v) is 11.6. The van der Waals surface area contributed by atoms with Gasteiger partial charge >= 0.3 is 0 Å². The van der Waals surface area contributed by atoms with E-state index in [0.717, 1.165) is 25.9 Å². The van der Waals surface area contributed by atoms with Gasteiger partial charge in [0, 0.05) is 19.5 Å². The minimum absolute atomic E-state index is 0.233. The summed E-state index contributed by atoms with van der Waals surface area (Å²) in [5.74, 6) is 0.826. The van der Waals surface area contributed by atoms with Gasteiger partial charge in [0.05, 0.1) is 0 Å². The van der Waals surface area contributed by atoms with Gasteiger partial charge in [0.2, 0.25) is 5.91 Å². The van der Waals surface area contributed by atoms with Crippen molar-refractivity contribution in [3.63, 3.8) is 0 Å². The number of likely N-dealkylation sites (tertiary alicyclic amines) is 1. The van der Waals surface area contributed by atoms with Crippen molar-refractivity contribution >= 4 is 5.91 Å². The van der Waals surface area contributed by atoms with Crippen LogP contribution < -0.4 is 0 Å². The first-order valence-corrected chi connectivity index (χ1v) is 6.78. The number of carbonyl (C=O) groups is 1. The molecule has 1 aromatic carbocycles. The van der Waals surface area contributed by atoms with E-state index in [0.29, 0.717) is 11.8 Å². The standard InChI is InChI=1S/C16H23NO/c1-16(2,3)14-11-15(18)17(12-14)10-9-13-7-5-4-6-8-13/h4-8,14H,9-12H2,1-3H3. The molecule has 0 bridgehead atoms. The predicted molar refractivity (Wildman–Crippen MR) is 74.3 cm³/mol. The Morgan fingerprint density at radius 3 is 2.44 bits per heavy atom. The maximum absolute atomic E-state index is 12.0. The first kappa shape index (κ1) is 13.1. The van der Waals surface area contributed by atoms with Crippen molar-refractivity contribution in [1.82, 2.24) is 4.90 Å². The van der Waals surface area contributed by atoms with Crippen LogP contribution in [0.25, 0.3) is 0 Å². The van der Waals surface area contributed by atoms with Crippen molar-refractivity contribution in [2.75, 3.05) is 13.1 Å². The average Bonchev–Trinajstić information content (AvgIpc) is 2.69. The summed E-state index contributed by atoms with van der Waals surface area (Å²) in [6.45, 7) is 8.47. The molecule has 1 saturated heterocycles. The van der Waals surface area contributed by atoms with Gasteiger partial charge in [-0.05, 0) is 23.3 Å². The van der Waals surface area contributed by atoms with E-state index < -0.39 is 0 Å². The monoisotopic (exact) mass is 245 g/mol. The molecule has 2 rings (SSSR count). The first-order valence-electron chi connectivity index (χ1n) is 6.78. The summed E-state index contributed by atoms with van der Waals surface area (Å²) in [7, 11) is 0. The van der Waals surface area contributed by atoms with E-state index in [9.17, 15) is 4.79 Å². The summed E-state index contributed by atoms with van der Waals surface area (Å²) in [6, 6.07) is 10.4. The largest absolute Gasteiger partial charge is 0.342 e. The van der Waals surface area contributed by atoms with Crippen molar-refractivity contribution in [2.45, 2.75) is 33.6 Å². The quantitative estimate of drug-likeness (QED) is 0.801. The first-order chi connectivity index (χ1) is 8.47. The number of benzene rings is 1. The predicted octanol–water partition coefficient (Wildman–Crippen LogP) is 3.12. The molecule has 0 saturated carbocycles. The topological polar surface area (TPSA) is 20.3 Å². The smallest absolute Gasteiger partial charge is 0.222 e. The number of hydrogen-bond donors (Lipinski definition) is 0. The molecule has 1 aliphatic heterocycles. The molecule has 0 spiro atoms. The number of amides is 1. The molecule has 0 aliphatic carbocycles. The summed E-state index contributed by atoms with van der Waals surface area (Å²) in [5, 5.41) is 0. The Bertz CT molecular complexity index is 405. The molecule has 1 fully saturated rings. The van der Waals surface area contributed by atoms with Crippen molar-refractivity contribution in [2.24, 2.45) is 11.3 Å². The summed E-state index contributed by atoms with van der Waals surface area (Å²) in [4.78, 5) is 14.0. The molecule has 1 atom stereocenters. The van der Waals surface area contributed by atoms with Crippen LogP contribution in [-0.4, -0.2) is 23.9 Å². The lowest BCUT2D eigenvalue weighted by Gasteiger charge is -2.26. The van der Waals surface area contributed by atoms with Crippen LogP contribution >= 0.6 is 0 Å². The van der Waals surface area contributed by atoms with E-state index in [2.05, 4.69) is 45.0 Å². The second-order valence-corrected chi connectivity index (χ2v) is 6.34. The lowest BCUT2D eigenvalue weighted by atomic mass is 9.80. The van der Waals surface area contributed by atoms with Crippen molar-refractivity contribution in [3.8, 4) is 0 Å². The van der Waals surface area contributed by atoms with Crippen LogP contribution in [0.5, 0.6) is 0 Å². The van der Waals surface area contributed by atoms with E-state index in [1.165, 1.54) is 5.56 Å². The Hall–Kier alpha value is -1.31. The van der Waals surface area contributed by atoms with Crippen LogP contribution in [-0.2, 0) is 11.2 Å². The molecule has 0 N–H and O–H groups in total. The highest BCUT2D eigenvalue weighted by atomic mass is 16.2. The van der Waals surface area contributed by atoms with Crippen LogP contribution in [0.4, 0.5) is 0 Å². The lowest BCUT2D eigenvalue weighted by molar-refractivity contribution is -0.127. The number of hydrogen-bond acceptors (Lipinski definition) is 1. The van der Waals surface area contributed by atoms with E-state index in [4.69, 9.17) is 0 Å². The van der Waals surface area contributed by atoms with Gasteiger partial charge in [-0.25, -0.2) is 0 Å². The minimum Gasteiger partial charge on any atom is -0.342 e. The van der Waals surface area contributed by atoms with Gasteiger partial charge in [-0.2, -0.15) is 0 Å². The SMILES string of the molecule is CC(C)(C)C1CC(=O)N(CCc2ccccc2)C1. The average molecular weight is 245 g/mol. The summed E-state index contributed by atoms with van der Waals surface area (Å²) < 4.78 is 0. The maximum atomic E-state index is 12.0. The zero-order chi connectivity index (χ0) is 13.2. The fourth-order valence-corrected chi connectivity index (χ4v) is 2.48. The Morgan fingerprint density at radius 1 is 1.22 bits per heavy atom.